The number of thiophene rings is 1. The zero-order valence-electron chi connectivity index (χ0n) is 14.4. The highest BCUT2D eigenvalue weighted by Gasteiger charge is 2.12. The van der Waals surface area contributed by atoms with Gasteiger partial charge in [0.05, 0.1) is 19.1 Å². The van der Waals surface area contributed by atoms with Crippen LogP contribution < -0.4 is 14.8 Å². The molecule has 0 fully saturated rings. The Morgan fingerprint density at radius 3 is 2.38 bits per heavy atom. The zero-order valence-corrected chi connectivity index (χ0v) is 15.2. The number of nitrogens with one attached hydrogen (secondary N) is 1. The molecule has 0 aliphatic carbocycles. The number of hydrogen-bond acceptors (Lipinski definition) is 6. The number of rotatable bonds is 5. The van der Waals surface area contributed by atoms with Crippen LogP contribution in [0.3, 0.4) is 0 Å². The quantitative estimate of drug-likeness (QED) is 0.533. The van der Waals surface area contributed by atoms with E-state index in [1.165, 1.54) is 0 Å². The van der Waals surface area contributed by atoms with Crippen LogP contribution in [-0.4, -0.2) is 24.4 Å². The zero-order chi connectivity index (χ0) is 17.9. The Kier molecular flexibility index (Phi) is 4.41. The van der Waals surface area contributed by atoms with Gasteiger partial charge in [-0.15, -0.1) is 21.5 Å². The standard InChI is InChI=1S/C20H17N3O2S/c1-24-16-10-9-13(12-17(16)25-2)21-20-15-7-4-3-6-14(15)19(22-23-20)18-8-5-11-26-18/h3-12H,1-2H3,(H,21,23). The molecule has 0 radical (unpaired) electrons. The van der Waals surface area contributed by atoms with Crippen LogP contribution in [0.15, 0.2) is 60.0 Å². The monoisotopic (exact) mass is 363 g/mol. The molecule has 2 heterocycles. The second-order valence-electron chi connectivity index (χ2n) is 5.61. The van der Waals surface area contributed by atoms with Crippen molar-refractivity contribution in [2.24, 2.45) is 0 Å². The van der Waals surface area contributed by atoms with Gasteiger partial charge in [0.2, 0.25) is 0 Å². The minimum atomic E-state index is 0.657. The lowest BCUT2D eigenvalue weighted by atomic mass is 10.1. The van der Waals surface area contributed by atoms with E-state index in [-0.39, 0.29) is 0 Å². The van der Waals surface area contributed by atoms with E-state index in [0.717, 1.165) is 27.0 Å². The summed E-state index contributed by atoms with van der Waals surface area (Å²) in [5, 5.41) is 16.4. The van der Waals surface area contributed by atoms with Gasteiger partial charge in [-0.1, -0.05) is 30.3 Å². The maximum Gasteiger partial charge on any atom is 0.162 e. The van der Waals surface area contributed by atoms with Crippen molar-refractivity contribution in [2.75, 3.05) is 19.5 Å². The average Bonchev–Trinajstić information content (AvgIpc) is 3.22. The molecule has 0 amide bonds. The third-order valence-electron chi connectivity index (χ3n) is 4.09. The van der Waals surface area contributed by atoms with Gasteiger partial charge in [-0.3, -0.25) is 0 Å². The van der Waals surface area contributed by atoms with Crippen molar-refractivity contribution in [3.8, 4) is 22.1 Å². The van der Waals surface area contributed by atoms with Crippen molar-refractivity contribution < 1.29 is 9.47 Å². The SMILES string of the molecule is COc1ccc(Nc2nnc(-c3cccs3)c3ccccc23)cc1OC. The number of benzene rings is 2. The van der Waals surface area contributed by atoms with Crippen molar-refractivity contribution in [2.45, 2.75) is 0 Å². The highest BCUT2D eigenvalue weighted by atomic mass is 32.1. The highest BCUT2D eigenvalue weighted by Crippen LogP contribution is 2.35. The van der Waals surface area contributed by atoms with E-state index in [4.69, 9.17) is 9.47 Å². The largest absolute Gasteiger partial charge is 0.493 e. The van der Waals surface area contributed by atoms with Gasteiger partial charge in [-0.05, 0) is 23.6 Å². The first-order valence-corrected chi connectivity index (χ1v) is 8.96. The predicted octanol–water partition coefficient (Wildman–Crippen LogP) is 5.12. The lowest BCUT2D eigenvalue weighted by Crippen LogP contribution is -1.99. The molecule has 0 atom stereocenters. The van der Waals surface area contributed by atoms with Crippen LogP contribution in [0.1, 0.15) is 0 Å². The molecule has 0 unspecified atom stereocenters. The van der Waals surface area contributed by atoms with E-state index in [1.54, 1.807) is 25.6 Å². The Balaban J connectivity index is 1.78. The Morgan fingerprint density at radius 1 is 0.846 bits per heavy atom. The van der Waals surface area contributed by atoms with Gasteiger partial charge in [0, 0.05) is 22.5 Å². The summed E-state index contributed by atoms with van der Waals surface area (Å²) in [6, 6.07) is 17.9. The van der Waals surface area contributed by atoms with Crippen molar-refractivity contribution in [3.63, 3.8) is 0 Å². The summed E-state index contributed by atoms with van der Waals surface area (Å²) < 4.78 is 10.7. The van der Waals surface area contributed by atoms with Gasteiger partial charge >= 0.3 is 0 Å². The van der Waals surface area contributed by atoms with Gasteiger partial charge in [0.1, 0.15) is 5.69 Å². The molecule has 1 N–H and O–H groups in total. The number of anilines is 2. The van der Waals surface area contributed by atoms with Gasteiger partial charge in [-0.25, -0.2) is 0 Å². The van der Waals surface area contributed by atoms with E-state index in [2.05, 4.69) is 27.6 Å². The molecule has 26 heavy (non-hydrogen) atoms. The molecule has 6 heteroatoms. The van der Waals surface area contributed by atoms with Gasteiger partial charge < -0.3 is 14.8 Å². The molecule has 4 aromatic rings. The number of methoxy groups -OCH3 is 2. The molecular formula is C20H17N3O2S. The summed E-state index contributed by atoms with van der Waals surface area (Å²) in [5.41, 5.74) is 1.75. The minimum absolute atomic E-state index is 0.657. The number of fused-ring (bicyclic) bond motifs is 1. The first kappa shape index (κ1) is 16.4. The Labute approximate surface area is 155 Å². The van der Waals surface area contributed by atoms with Crippen LogP contribution in [0, 0.1) is 0 Å². The normalized spacial score (nSPS) is 10.7. The third kappa shape index (κ3) is 2.95. The molecule has 0 aliphatic heterocycles. The summed E-state index contributed by atoms with van der Waals surface area (Å²) in [6.45, 7) is 0. The summed E-state index contributed by atoms with van der Waals surface area (Å²) in [7, 11) is 3.24. The maximum absolute atomic E-state index is 5.37. The first-order chi connectivity index (χ1) is 12.8. The fourth-order valence-corrected chi connectivity index (χ4v) is 3.57. The maximum atomic E-state index is 5.37. The molecule has 0 saturated carbocycles. The van der Waals surface area contributed by atoms with Crippen LogP contribution in [0.4, 0.5) is 11.5 Å². The van der Waals surface area contributed by atoms with E-state index in [9.17, 15) is 0 Å². The number of nitrogens with zero attached hydrogens (tertiary/aromatic N) is 2. The number of ether oxygens (including phenoxy) is 2. The molecule has 2 aromatic heterocycles. The molecule has 0 spiro atoms. The fraction of sp³-hybridized carbons (Fsp3) is 0.100. The first-order valence-electron chi connectivity index (χ1n) is 8.08. The van der Waals surface area contributed by atoms with Gasteiger partial charge in [0.15, 0.2) is 17.3 Å². The molecule has 2 aromatic carbocycles. The Bertz CT molecular complexity index is 1050. The molecule has 0 aliphatic rings. The summed E-state index contributed by atoms with van der Waals surface area (Å²) >= 11 is 1.66. The van der Waals surface area contributed by atoms with Crippen LogP contribution in [-0.2, 0) is 0 Å². The smallest absolute Gasteiger partial charge is 0.162 e. The van der Waals surface area contributed by atoms with E-state index in [0.29, 0.717) is 17.3 Å². The molecule has 5 nitrogen and oxygen atoms in total. The van der Waals surface area contributed by atoms with Crippen molar-refractivity contribution in [1.82, 2.24) is 10.2 Å². The van der Waals surface area contributed by atoms with E-state index in [1.807, 2.05) is 47.8 Å². The lowest BCUT2D eigenvalue weighted by molar-refractivity contribution is 0.355. The summed E-state index contributed by atoms with van der Waals surface area (Å²) in [6.07, 6.45) is 0. The van der Waals surface area contributed by atoms with Gasteiger partial charge in [0.25, 0.3) is 0 Å². The molecule has 0 bridgehead atoms. The van der Waals surface area contributed by atoms with E-state index >= 15 is 0 Å². The topological polar surface area (TPSA) is 56.3 Å². The van der Waals surface area contributed by atoms with Crippen LogP contribution in [0.25, 0.3) is 21.3 Å². The summed E-state index contributed by atoms with van der Waals surface area (Å²) in [4.78, 5) is 1.10. The molecule has 4 rings (SSSR count). The van der Waals surface area contributed by atoms with Crippen molar-refractivity contribution in [3.05, 3.63) is 60.0 Å². The lowest BCUT2D eigenvalue weighted by Gasteiger charge is -2.13. The average molecular weight is 363 g/mol. The number of aromatic nitrogens is 2. The third-order valence-corrected chi connectivity index (χ3v) is 4.96. The highest BCUT2D eigenvalue weighted by molar-refractivity contribution is 7.13. The fourth-order valence-electron chi connectivity index (χ4n) is 2.84. The molecule has 130 valence electrons. The number of hydrogen-bond donors (Lipinski definition) is 1. The second-order valence-corrected chi connectivity index (χ2v) is 6.56. The predicted molar refractivity (Wildman–Crippen MR) is 106 cm³/mol. The molecule has 0 saturated heterocycles. The Morgan fingerprint density at radius 2 is 1.65 bits per heavy atom. The second kappa shape index (κ2) is 7.01. The van der Waals surface area contributed by atoms with Crippen LogP contribution in [0.2, 0.25) is 0 Å². The van der Waals surface area contributed by atoms with Crippen LogP contribution >= 0.6 is 11.3 Å². The summed E-state index contributed by atoms with van der Waals surface area (Å²) in [5.74, 6) is 2.04. The van der Waals surface area contributed by atoms with Crippen molar-refractivity contribution >= 4 is 33.6 Å². The minimum Gasteiger partial charge on any atom is -0.493 e. The Hall–Kier alpha value is -3.12. The van der Waals surface area contributed by atoms with E-state index < -0.39 is 0 Å². The van der Waals surface area contributed by atoms with Gasteiger partial charge in [-0.2, -0.15) is 0 Å². The van der Waals surface area contributed by atoms with Crippen LogP contribution in [0.5, 0.6) is 11.5 Å². The molecular weight excluding hydrogens is 346 g/mol. The van der Waals surface area contributed by atoms with Crippen molar-refractivity contribution in [1.29, 1.82) is 0 Å².